The van der Waals surface area contributed by atoms with Crippen molar-refractivity contribution < 1.29 is 14.0 Å². The van der Waals surface area contributed by atoms with Gasteiger partial charge in [0.25, 0.3) is 0 Å². The number of nitrogens with zero attached hydrogens (tertiary/aromatic N) is 6. The summed E-state index contributed by atoms with van der Waals surface area (Å²) in [7, 11) is 1.62. The van der Waals surface area contributed by atoms with Gasteiger partial charge in [0.15, 0.2) is 18.1 Å². The number of oxime groups is 1. The summed E-state index contributed by atoms with van der Waals surface area (Å²) in [5.41, 5.74) is 4.63. The number of hydrogen-bond donors (Lipinski definition) is 0. The molecule has 0 atom stereocenters. The molecular weight excluding hydrogens is 408 g/mol. The standard InChI is InChI=1S/C23H22N6O3/c1-15-16(2)28(12-18-8-6-10-31-18)22-21(15)23-26-20(27-29(23)14-24-22)13-32-25-11-17-7-4-5-9-19(17)30-3/h4-11,14H,12-13H2,1-3H3/b25-11-. The third-order valence-electron chi connectivity index (χ3n) is 5.48. The molecule has 32 heavy (non-hydrogen) atoms. The van der Waals surface area contributed by atoms with Gasteiger partial charge in [-0.25, -0.2) is 14.5 Å². The summed E-state index contributed by atoms with van der Waals surface area (Å²) in [5, 5.41) is 9.49. The van der Waals surface area contributed by atoms with E-state index < -0.39 is 0 Å². The lowest BCUT2D eigenvalue weighted by Crippen LogP contribution is -2.02. The van der Waals surface area contributed by atoms with E-state index in [4.69, 9.17) is 14.0 Å². The maximum atomic E-state index is 5.52. The molecular formula is C23H22N6O3. The predicted molar refractivity (Wildman–Crippen MR) is 119 cm³/mol. The van der Waals surface area contributed by atoms with Crippen LogP contribution in [0.3, 0.4) is 0 Å². The van der Waals surface area contributed by atoms with Crippen LogP contribution in [0.4, 0.5) is 0 Å². The first-order valence-electron chi connectivity index (χ1n) is 10.2. The molecule has 0 N–H and O–H groups in total. The van der Waals surface area contributed by atoms with Crippen molar-refractivity contribution in [2.24, 2.45) is 5.16 Å². The van der Waals surface area contributed by atoms with Crippen molar-refractivity contribution in [2.45, 2.75) is 27.0 Å². The van der Waals surface area contributed by atoms with Crippen LogP contribution >= 0.6 is 0 Å². The predicted octanol–water partition coefficient (Wildman–Crippen LogP) is 3.90. The van der Waals surface area contributed by atoms with Gasteiger partial charge in [-0.1, -0.05) is 17.3 Å². The van der Waals surface area contributed by atoms with Crippen molar-refractivity contribution in [3.05, 3.63) is 77.4 Å². The Labute approximate surface area is 183 Å². The fourth-order valence-electron chi connectivity index (χ4n) is 3.75. The van der Waals surface area contributed by atoms with E-state index in [1.807, 2.05) is 36.4 Å². The highest BCUT2D eigenvalue weighted by Crippen LogP contribution is 2.27. The second-order valence-electron chi connectivity index (χ2n) is 7.37. The Morgan fingerprint density at radius 1 is 1.12 bits per heavy atom. The fourth-order valence-corrected chi connectivity index (χ4v) is 3.75. The van der Waals surface area contributed by atoms with Crippen LogP contribution in [-0.2, 0) is 18.0 Å². The smallest absolute Gasteiger partial charge is 0.192 e. The Balaban J connectivity index is 1.41. The molecule has 9 heteroatoms. The molecule has 0 radical (unpaired) electrons. The lowest BCUT2D eigenvalue weighted by atomic mass is 10.2. The Morgan fingerprint density at radius 3 is 2.81 bits per heavy atom. The number of methoxy groups -OCH3 is 1. The van der Waals surface area contributed by atoms with E-state index >= 15 is 0 Å². The fraction of sp³-hybridized carbons (Fsp3) is 0.217. The normalized spacial score (nSPS) is 11.7. The zero-order chi connectivity index (χ0) is 22.1. The maximum absolute atomic E-state index is 5.52. The number of para-hydroxylation sites is 1. The molecule has 0 saturated heterocycles. The summed E-state index contributed by atoms with van der Waals surface area (Å²) in [6.07, 6.45) is 4.95. The molecule has 0 amide bonds. The molecule has 0 bridgehead atoms. The average Bonchev–Trinajstić information content (AvgIpc) is 3.53. The number of hydrogen-bond acceptors (Lipinski definition) is 7. The SMILES string of the molecule is COc1ccccc1/C=N\OCc1nc2c3c(C)c(C)n(Cc4ccco4)c3ncn2n1. The van der Waals surface area contributed by atoms with Crippen molar-refractivity contribution in [1.82, 2.24) is 24.1 Å². The van der Waals surface area contributed by atoms with Crippen LogP contribution in [0.25, 0.3) is 16.7 Å². The van der Waals surface area contributed by atoms with Gasteiger partial charge in [-0.15, -0.1) is 5.10 Å². The van der Waals surface area contributed by atoms with Gasteiger partial charge in [0.2, 0.25) is 0 Å². The van der Waals surface area contributed by atoms with E-state index in [1.54, 1.807) is 30.4 Å². The Kier molecular flexibility index (Phi) is 5.06. The van der Waals surface area contributed by atoms with Crippen molar-refractivity contribution in [3.8, 4) is 5.75 Å². The van der Waals surface area contributed by atoms with Crippen molar-refractivity contribution in [3.63, 3.8) is 0 Å². The highest BCUT2D eigenvalue weighted by atomic mass is 16.6. The lowest BCUT2D eigenvalue weighted by molar-refractivity contribution is 0.126. The van der Waals surface area contributed by atoms with Crippen LogP contribution in [0.1, 0.15) is 28.4 Å². The third-order valence-corrected chi connectivity index (χ3v) is 5.48. The molecule has 5 aromatic rings. The minimum Gasteiger partial charge on any atom is -0.496 e. The van der Waals surface area contributed by atoms with E-state index in [2.05, 4.69) is 38.6 Å². The number of ether oxygens (including phenoxy) is 1. The van der Waals surface area contributed by atoms with Crippen molar-refractivity contribution in [2.75, 3.05) is 7.11 Å². The van der Waals surface area contributed by atoms with Gasteiger partial charge < -0.3 is 18.6 Å². The van der Waals surface area contributed by atoms with Crippen molar-refractivity contribution >= 4 is 22.9 Å². The van der Waals surface area contributed by atoms with E-state index in [0.29, 0.717) is 12.4 Å². The number of benzene rings is 1. The molecule has 5 rings (SSSR count). The molecule has 0 aliphatic carbocycles. The molecule has 0 spiro atoms. The van der Waals surface area contributed by atoms with E-state index in [1.165, 1.54) is 0 Å². The third kappa shape index (κ3) is 3.47. The number of rotatable bonds is 7. The summed E-state index contributed by atoms with van der Waals surface area (Å²) in [4.78, 5) is 14.8. The molecule has 162 valence electrons. The molecule has 0 aliphatic heterocycles. The number of furan rings is 1. The summed E-state index contributed by atoms with van der Waals surface area (Å²) < 4.78 is 14.6. The first-order chi connectivity index (χ1) is 15.7. The zero-order valence-corrected chi connectivity index (χ0v) is 18.0. The molecule has 4 aromatic heterocycles. The monoisotopic (exact) mass is 430 g/mol. The minimum atomic E-state index is 0.139. The first kappa shape index (κ1) is 19.8. The molecule has 0 unspecified atom stereocenters. The molecule has 1 aromatic carbocycles. The Hall–Kier alpha value is -4.14. The Morgan fingerprint density at radius 2 is 2.00 bits per heavy atom. The van der Waals surface area contributed by atoms with Gasteiger partial charge in [-0.05, 0) is 43.7 Å². The number of aryl methyl sites for hydroxylation is 1. The summed E-state index contributed by atoms with van der Waals surface area (Å²) in [6, 6.07) is 11.4. The van der Waals surface area contributed by atoms with Gasteiger partial charge in [0.1, 0.15) is 23.5 Å². The van der Waals surface area contributed by atoms with Crippen LogP contribution in [0.2, 0.25) is 0 Å². The van der Waals surface area contributed by atoms with Crippen LogP contribution in [0.5, 0.6) is 5.75 Å². The van der Waals surface area contributed by atoms with E-state index in [9.17, 15) is 0 Å². The van der Waals surface area contributed by atoms with E-state index in [0.717, 1.165) is 45.0 Å². The first-order valence-corrected chi connectivity index (χ1v) is 10.2. The van der Waals surface area contributed by atoms with Gasteiger partial charge in [-0.2, -0.15) is 0 Å². The largest absolute Gasteiger partial charge is 0.496 e. The molecule has 4 heterocycles. The topological polar surface area (TPSA) is 92.0 Å². The van der Waals surface area contributed by atoms with Crippen LogP contribution in [-0.4, -0.2) is 37.5 Å². The summed E-state index contributed by atoms with van der Waals surface area (Å²) in [5.74, 6) is 2.12. The van der Waals surface area contributed by atoms with Crippen LogP contribution < -0.4 is 4.74 Å². The van der Waals surface area contributed by atoms with Gasteiger partial charge >= 0.3 is 0 Å². The number of fused-ring (bicyclic) bond motifs is 3. The zero-order valence-electron chi connectivity index (χ0n) is 18.0. The highest BCUT2D eigenvalue weighted by Gasteiger charge is 2.18. The van der Waals surface area contributed by atoms with Gasteiger partial charge in [0.05, 0.1) is 31.5 Å². The highest BCUT2D eigenvalue weighted by molar-refractivity contribution is 5.93. The Bertz CT molecular complexity index is 1420. The average molecular weight is 430 g/mol. The molecule has 0 saturated carbocycles. The van der Waals surface area contributed by atoms with Crippen LogP contribution in [0.15, 0.2) is 58.6 Å². The lowest BCUT2D eigenvalue weighted by Gasteiger charge is -2.05. The summed E-state index contributed by atoms with van der Waals surface area (Å²) >= 11 is 0. The molecule has 9 nitrogen and oxygen atoms in total. The van der Waals surface area contributed by atoms with E-state index in [-0.39, 0.29) is 6.61 Å². The molecule has 0 fully saturated rings. The second kappa shape index (κ2) is 8.18. The molecule has 0 aliphatic rings. The quantitative estimate of drug-likeness (QED) is 0.287. The number of aromatic nitrogens is 5. The van der Waals surface area contributed by atoms with Crippen molar-refractivity contribution in [1.29, 1.82) is 0 Å². The maximum Gasteiger partial charge on any atom is 0.192 e. The second-order valence-corrected chi connectivity index (χ2v) is 7.37. The van der Waals surface area contributed by atoms with Gasteiger partial charge in [0, 0.05) is 11.3 Å². The van der Waals surface area contributed by atoms with Crippen LogP contribution in [0, 0.1) is 13.8 Å². The summed E-state index contributed by atoms with van der Waals surface area (Å²) in [6.45, 7) is 4.89. The van der Waals surface area contributed by atoms with Gasteiger partial charge in [-0.3, -0.25) is 0 Å². The minimum absolute atomic E-state index is 0.139.